The van der Waals surface area contributed by atoms with Crippen LogP contribution in [0.1, 0.15) is 6.42 Å². The van der Waals surface area contributed by atoms with Crippen LogP contribution >= 0.6 is 11.6 Å². The van der Waals surface area contributed by atoms with E-state index in [2.05, 4.69) is 5.32 Å². The summed E-state index contributed by atoms with van der Waals surface area (Å²) in [6, 6.07) is 9.76. The molecule has 6 nitrogen and oxygen atoms in total. The Kier molecular flexibility index (Phi) is 6.40. The highest BCUT2D eigenvalue weighted by Crippen LogP contribution is 2.31. The van der Waals surface area contributed by atoms with E-state index < -0.39 is 17.9 Å². The van der Waals surface area contributed by atoms with Crippen molar-refractivity contribution in [2.75, 3.05) is 20.3 Å². The molecule has 2 aromatic rings. The number of carboxylic acids is 1. The van der Waals surface area contributed by atoms with E-state index in [9.17, 15) is 9.59 Å². The molecule has 0 saturated carbocycles. The lowest BCUT2D eigenvalue weighted by Gasteiger charge is -2.15. The topological polar surface area (TPSA) is 84.9 Å². The Morgan fingerprint density at radius 3 is 2.58 bits per heavy atom. The van der Waals surface area contributed by atoms with Crippen LogP contribution in [0.25, 0.3) is 10.8 Å². The molecule has 0 saturated heterocycles. The zero-order valence-corrected chi connectivity index (χ0v) is 13.9. The maximum absolute atomic E-state index is 11.9. The Morgan fingerprint density at radius 2 is 1.92 bits per heavy atom. The van der Waals surface area contributed by atoms with Gasteiger partial charge in [0.15, 0.2) is 6.61 Å². The summed E-state index contributed by atoms with van der Waals surface area (Å²) in [6.45, 7) is -0.0533. The number of halogens is 1. The Bertz CT molecular complexity index is 734. The van der Waals surface area contributed by atoms with Crippen LogP contribution in [0.3, 0.4) is 0 Å². The highest BCUT2D eigenvalue weighted by atomic mass is 35.5. The van der Waals surface area contributed by atoms with Gasteiger partial charge in [-0.1, -0.05) is 35.9 Å². The van der Waals surface area contributed by atoms with Crippen molar-refractivity contribution in [2.45, 2.75) is 12.5 Å². The predicted octanol–water partition coefficient (Wildman–Crippen LogP) is 2.48. The Morgan fingerprint density at radius 1 is 1.21 bits per heavy atom. The third kappa shape index (κ3) is 4.59. The minimum absolute atomic E-state index is 0.182. The van der Waals surface area contributed by atoms with E-state index in [1.54, 1.807) is 12.1 Å². The maximum atomic E-state index is 11.9. The van der Waals surface area contributed by atoms with Crippen molar-refractivity contribution in [3.63, 3.8) is 0 Å². The molecule has 0 spiro atoms. The third-order valence-electron chi connectivity index (χ3n) is 3.43. The summed E-state index contributed by atoms with van der Waals surface area (Å²) in [5, 5.41) is 13.7. The van der Waals surface area contributed by atoms with E-state index in [0.717, 1.165) is 10.8 Å². The van der Waals surface area contributed by atoms with Crippen molar-refractivity contribution >= 4 is 34.2 Å². The van der Waals surface area contributed by atoms with E-state index in [0.29, 0.717) is 10.8 Å². The zero-order chi connectivity index (χ0) is 17.5. The van der Waals surface area contributed by atoms with Crippen molar-refractivity contribution in [3.05, 3.63) is 41.4 Å². The molecule has 0 aliphatic heterocycles. The van der Waals surface area contributed by atoms with Gasteiger partial charge in [-0.15, -0.1) is 0 Å². The number of ether oxygens (including phenoxy) is 2. The lowest BCUT2D eigenvalue weighted by molar-refractivity contribution is -0.142. The average molecular weight is 352 g/mol. The van der Waals surface area contributed by atoms with Gasteiger partial charge in [0.25, 0.3) is 5.91 Å². The number of carbonyl (C=O) groups is 2. The molecule has 0 aliphatic carbocycles. The van der Waals surface area contributed by atoms with Gasteiger partial charge in [-0.2, -0.15) is 0 Å². The number of fused-ring (bicyclic) bond motifs is 1. The Labute approximate surface area is 144 Å². The molecular formula is C17H18ClNO5. The molecule has 0 fully saturated rings. The number of nitrogens with one attached hydrogen (secondary N) is 1. The molecule has 1 unspecified atom stereocenters. The van der Waals surface area contributed by atoms with Crippen LogP contribution < -0.4 is 10.1 Å². The quantitative estimate of drug-likeness (QED) is 0.763. The van der Waals surface area contributed by atoms with Crippen LogP contribution in [0.15, 0.2) is 36.4 Å². The molecule has 0 aromatic heterocycles. The van der Waals surface area contributed by atoms with Gasteiger partial charge in [-0.3, -0.25) is 4.79 Å². The molecule has 0 heterocycles. The minimum atomic E-state index is -1.11. The number of carboxylic acid groups (broad SMARTS) is 1. The molecule has 2 rings (SSSR count). The molecule has 1 amide bonds. The fourth-order valence-corrected chi connectivity index (χ4v) is 2.46. The molecule has 0 aliphatic rings. The van der Waals surface area contributed by atoms with E-state index >= 15 is 0 Å². The Hall–Kier alpha value is -2.31. The van der Waals surface area contributed by atoms with Crippen LogP contribution in [-0.4, -0.2) is 43.3 Å². The van der Waals surface area contributed by atoms with Gasteiger partial charge in [0.1, 0.15) is 11.8 Å². The molecule has 24 heavy (non-hydrogen) atoms. The van der Waals surface area contributed by atoms with Crippen LogP contribution in [0.5, 0.6) is 5.75 Å². The summed E-state index contributed by atoms with van der Waals surface area (Å²) in [5.41, 5.74) is 0. The number of carbonyl (C=O) groups excluding carboxylic acids is 1. The molecule has 7 heteroatoms. The number of aliphatic carboxylic acids is 1. The average Bonchev–Trinajstić information content (AvgIpc) is 2.58. The second-order valence-corrected chi connectivity index (χ2v) is 5.53. The fraction of sp³-hybridized carbons (Fsp3) is 0.294. The van der Waals surface area contributed by atoms with Crippen molar-refractivity contribution in [1.29, 1.82) is 0 Å². The SMILES string of the molecule is COCCC(NC(=O)COc1ccc(Cl)c2ccccc12)C(=O)O. The highest BCUT2D eigenvalue weighted by Gasteiger charge is 2.20. The second kappa shape index (κ2) is 8.52. The highest BCUT2D eigenvalue weighted by molar-refractivity contribution is 6.35. The lowest BCUT2D eigenvalue weighted by atomic mass is 10.1. The molecule has 2 aromatic carbocycles. The zero-order valence-electron chi connectivity index (χ0n) is 13.1. The number of rotatable bonds is 8. The molecule has 2 N–H and O–H groups in total. The monoisotopic (exact) mass is 351 g/mol. The van der Waals surface area contributed by atoms with Gasteiger partial charge in [0.05, 0.1) is 0 Å². The van der Waals surface area contributed by atoms with E-state index in [4.69, 9.17) is 26.2 Å². The number of benzene rings is 2. The summed E-state index contributed by atoms with van der Waals surface area (Å²) in [7, 11) is 1.47. The Balaban J connectivity index is 2.01. The number of hydrogen-bond acceptors (Lipinski definition) is 4. The number of amides is 1. The van der Waals surface area contributed by atoms with Crippen LogP contribution in [0.4, 0.5) is 0 Å². The van der Waals surface area contributed by atoms with E-state index in [1.807, 2.05) is 24.3 Å². The van der Waals surface area contributed by atoms with Crippen molar-refractivity contribution in [3.8, 4) is 5.75 Å². The van der Waals surface area contributed by atoms with Crippen LogP contribution in [-0.2, 0) is 14.3 Å². The fourth-order valence-electron chi connectivity index (χ4n) is 2.23. The lowest BCUT2D eigenvalue weighted by Crippen LogP contribution is -2.43. The maximum Gasteiger partial charge on any atom is 0.326 e. The van der Waals surface area contributed by atoms with E-state index in [1.165, 1.54) is 7.11 Å². The van der Waals surface area contributed by atoms with Crippen molar-refractivity contribution < 1.29 is 24.2 Å². The first-order valence-electron chi connectivity index (χ1n) is 7.34. The summed E-state index contributed by atoms with van der Waals surface area (Å²) in [6.07, 6.45) is 0.182. The smallest absolute Gasteiger partial charge is 0.326 e. The second-order valence-electron chi connectivity index (χ2n) is 5.12. The normalized spacial score (nSPS) is 11.9. The van der Waals surface area contributed by atoms with Crippen LogP contribution in [0.2, 0.25) is 5.02 Å². The van der Waals surface area contributed by atoms with Gasteiger partial charge in [-0.05, 0) is 12.1 Å². The standard InChI is InChI=1S/C17H18ClNO5/c1-23-9-8-14(17(21)22)19-16(20)10-24-15-7-6-13(18)11-4-2-3-5-12(11)15/h2-7,14H,8-10H2,1H3,(H,19,20)(H,21,22). The van der Waals surface area contributed by atoms with Gasteiger partial charge in [0.2, 0.25) is 0 Å². The van der Waals surface area contributed by atoms with Gasteiger partial charge in [-0.25, -0.2) is 4.79 Å². The first-order valence-corrected chi connectivity index (χ1v) is 7.72. The van der Waals surface area contributed by atoms with E-state index in [-0.39, 0.29) is 19.6 Å². The molecule has 0 radical (unpaired) electrons. The summed E-state index contributed by atoms with van der Waals surface area (Å²) in [5.74, 6) is -1.12. The number of hydrogen-bond donors (Lipinski definition) is 2. The van der Waals surface area contributed by atoms with Gasteiger partial charge < -0.3 is 19.9 Å². The largest absolute Gasteiger partial charge is 0.483 e. The summed E-state index contributed by atoms with van der Waals surface area (Å²) < 4.78 is 10.4. The molecule has 1 atom stereocenters. The molecule has 0 bridgehead atoms. The third-order valence-corrected chi connectivity index (χ3v) is 3.76. The molecule has 128 valence electrons. The van der Waals surface area contributed by atoms with Crippen LogP contribution in [0, 0.1) is 0 Å². The minimum Gasteiger partial charge on any atom is -0.483 e. The summed E-state index contributed by atoms with van der Waals surface area (Å²) >= 11 is 6.13. The van der Waals surface area contributed by atoms with Gasteiger partial charge in [0, 0.05) is 35.9 Å². The van der Waals surface area contributed by atoms with Crippen molar-refractivity contribution in [2.24, 2.45) is 0 Å². The first kappa shape index (κ1) is 18.0. The molecular weight excluding hydrogens is 334 g/mol. The van der Waals surface area contributed by atoms with Gasteiger partial charge >= 0.3 is 5.97 Å². The van der Waals surface area contributed by atoms with Crippen molar-refractivity contribution in [1.82, 2.24) is 5.32 Å². The first-order chi connectivity index (χ1) is 11.5. The number of methoxy groups -OCH3 is 1. The summed E-state index contributed by atoms with van der Waals surface area (Å²) in [4.78, 5) is 23.0. The predicted molar refractivity (Wildman–Crippen MR) is 90.5 cm³/mol.